The Bertz CT molecular complexity index is 798. The third kappa shape index (κ3) is 2.66. The van der Waals surface area contributed by atoms with Crippen molar-refractivity contribution in [2.75, 3.05) is 6.61 Å². The number of aromatic nitrogens is 3. The summed E-state index contributed by atoms with van der Waals surface area (Å²) in [5.74, 6) is 0. The molecule has 0 aromatic carbocycles. The lowest BCUT2D eigenvalue weighted by Crippen LogP contribution is -2.26. The summed E-state index contributed by atoms with van der Waals surface area (Å²) in [6.45, 7) is 1.65. The van der Waals surface area contributed by atoms with Crippen LogP contribution in [0.25, 0.3) is 16.5 Å². The summed E-state index contributed by atoms with van der Waals surface area (Å²) in [6.07, 6.45) is 7.87. The third-order valence-electron chi connectivity index (χ3n) is 4.07. The lowest BCUT2D eigenvalue weighted by Gasteiger charge is -2.16. The molecule has 0 bridgehead atoms. The molecule has 0 saturated carbocycles. The Morgan fingerprint density at radius 2 is 2.27 bits per heavy atom. The van der Waals surface area contributed by atoms with Gasteiger partial charge in [-0.25, -0.2) is 9.97 Å². The maximum atomic E-state index is 12.6. The highest BCUT2D eigenvalue weighted by atomic mass is 35.5. The van der Waals surface area contributed by atoms with E-state index in [2.05, 4.69) is 16.0 Å². The van der Waals surface area contributed by atoms with Gasteiger partial charge in [-0.3, -0.25) is 9.36 Å². The average molecular weight is 320 g/mol. The number of nitrogens with zero attached hydrogens (tertiary/aromatic N) is 3. The SMILES string of the molecule is CC(CO)n1cnc2c(C3=CCCCC3)nc(Cl)cc2c1=O. The molecule has 0 spiro atoms. The molecule has 1 unspecified atom stereocenters. The van der Waals surface area contributed by atoms with Gasteiger partial charge in [-0.2, -0.15) is 0 Å². The van der Waals surface area contributed by atoms with Gasteiger partial charge in [0.25, 0.3) is 5.56 Å². The first kappa shape index (κ1) is 15.2. The second kappa shape index (κ2) is 6.18. The molecule has 3 rings (SSSR count). The number of pyridine rings is 1. The van der Waals surface area contributed by atoms with Gasteiger partial charge >= 0.3 is 0 Å². The summed E-state index contributed by atoms with van der Waals surface area (Å²) >= 11 is 6.12. The van der Waals surface area contributed by atoms with Crippen molar-refractivity contribution in [1.29, 1.82) is 0 Å². The fourth-order valence-corrected chi connectivity index (χ4v) is 2.98. The summed E-state index contributed by atoms with van der Waals surface area (Å²) in [6, 6.07) is 1.23. The molecule has 1 atom stereocenters. The number of aliphatic hydroxyl groups is 1. The monoisotopic (exact) mass is 319 g/mol. The van der Waals surface area contributed by atoms with Crippen molar-refractivity contribution >= 4 is 28.1 Å². The number of rotatable bonds is 3. The molecule has 2 aromatic rings. The fraction of sp³-hybridized carbons (Fsp3) is 0.438. The van der Waals surface area contributed by atoms with Crippen molar-refractivity contribution < 1.29 is 5.11 Å². The Kier molecular flexibility index (Phi) is 4.27. The van der Waals surface area contributed by atoms with E-state index < -0.39 is 0 Å². The van der Waals surface area contributed by atoms with Crippen molar-refractivity contribution in [3.05, 3.63) is 39.7 Å². The number of halogens is 1. The Hall–Kier alpha value is -1.72. The van der Waals surface area contributed by atoms with E-state index >= 15 is 0 Å². The van der Waals surface area contributed by atoms with Gasteiger partial charge in [-0.05, 0) is 44.2 Å². The van der Waals surface area contributed by atoms with Gasteiger partial charge < -0.3 is 5.11 Å². The van der Waals surface area contributed by atoms with Crippen LogP contribution in [-0.2, 0) is 0 Å². The van der Waals surface area contributed by atoms with E-state index in [1.807, 2.05) is 0 Å². The number of allylic oxidation sites excluding steroid dienone is 2. The van der Waals surface area contributed by atoms with Crippen LogP contribution in [0.2, 0.25) is 5.15 Å². The number of hydrogen-bond acceptors (Lipinski definition) is 4. The highest BCUT2D eigenvalue weighted by Crippen LogP contribution is 2.30. The number of hydrogen-bond donors (Lipinski definition) is 1. The Balaban J connectivity index is 2.25. The van der Waals surface area contributed by atoms with Gasteiger partial charge in [0.1, 0.15) is 10.7 Å². The molecule has 6 heteroatoms. The lowest BCUT2D eigenvalue weighted by atomic mass is 9.96. The largest absolute Gasteiger partial charge is 0.394 e. The molecule has 0 aliphatic heterocycles. The van der Waals surface area contributed by atoms with Crippen LogP contribution in [0, 0.1) is 0 Å². The third-order valence-corrected chi connectivity index (χ3v) is 4.27. The van der Waals surface area contributed by atoms with Crippen LogP contribution in [0.3, 0.4) is 0 Å². The molecule has 0 fully saturated rings. The molecule has 2 heterocycles. The second-order valence-electron chi connectivity index (χ2n) is 5.65. The minimum atomic E-state index is -0.325. The van der Waals surface area contributed by atoms with Crippen molar-refractivity contribution in [3.63, 3.8) is 0 Å². The second-order valence-corrected chi connectivity index (χ2v) is 6.04. The number of aliphatic hydroxyl groups excluding tert-OH is 1. The predicted molar refractivity (Wildman–Crippen MR) is 87.0 cm³/mol. The summed E-state index contributed by atoms with van der Waals surface area (Å²) in [4.78, 5) is 21.4. The van der Waals surface area contributed by atoms with E-state index in [-0.39, 0.29) is 18.2 Å². The van der Waals surface area contributed by atoms with Gasteiger partial charge in [0.15, 0.2) is 0 Å². The minimum Gasteiger partial charge on any atom is -0.394 e. The molecule has 0 amide bonds. The van der Waals surface area contributed by atoms with Gasteiger partial charge in [-0.1, -0.05) is 17.7 Å². The summed E-state index contributed by atoms with van der Waals surface area (Å²) in [7, 11) is 0. The van der Waals surface area contributed by atoms with E-state index in [0.29, 0.717) is 21.7 Å². The summed E-state index contributed by atoms with van der Waals surface area (Å²) in [5, 5.41) is 10.0. The highest BCUT2D eigenvalue weighted by Gasteiger charge is 2.17. The molecular weight excluding hydrogens is 302 g/mol. The Labute approximate surface area is 133 Å². The summed E-state index contributed by atoms with van der Waals surface area (Å²) < 4.78 is 1.43. The molecule has 1 aliphatic rings. The van der Waals surface area contributed by atoms with E-state index in [0.717, 1.165) is 24.8 Å². The van der Waals surface area contributed by atoms with Gasteiger partial charge in [0.05, 0.1) is 30.1 Å². The van der Waals surface area contributed by atoms with Crippen LogP contribution < -0.4 is 5.56 Å². The highest BCUT2D eigenvalue weighted by molar-refractivity contribution is 6.30. The maximum absolute atomic E-state index is 12.6. The smallest absolute Gasteiger partial charge is 0.261 e. The Morgan fingerprint density at radius 1 is 1.45 bits per heavy atom. The first-order valence-electron chi connectivity index (χ1n) is 7.49. The van der Waals surface area contributed by atoms with E-state index in [4.69, 9.17) is 11.6 Å². The van der Waals surface area contributed by atoms with Crippen molar-refractivity contribution in [3.8, 4) is 0 Å². The van der Waals surface area contributed by atoms with Crippen molar-refractivity contribution in [1.82, 2.24) is 14.5 Å². The minimum absolute atomic E-state index is 0.121. The lowest BCUT2D eigenvalue weighted by molar-refractivity contribution is 0.236. The normalized spacial score (nSPS) is 16.6. The van der Waals surface area contributed by atoms with Gasteiger partial charge in [0, 0.05) is 0 Å². The van der Waals surface area contributed by atoms with Crippen molar-refractivity contribution in [2.24, 2.45) is 0 Å². The van der Waals surface area contributed by atoms with E-state index in [1.54, 1.807) is 13.0 Å². The molecular formula is C16H18ClN3O2. The topological polar surface area (TPSA) is 68.0 Å². The van der Waals surface area contributed by atoms with Crippen LogP contribution in [-0.4, -0.2) is 26.2 Å². The quantitative estimate of drug-likeness (QED) is 0.883. The van der Waals surface area contributed by atoms with Crippen LogP contribution in [0.1, 0.15) is 44.3 Å². The zero-order chi connectivity index (χ0) is 15.7. The number of fused-ring (bicyclic) bond motifs is 1. The van der Waals surface area contributed by atoms with Gasteiger partial charge in [0.2, 0.25) is 0 Å². The average Bonchev–Trinajstić information content (AvgIpc) is 2.55. The maximum Gasteiger partial charge on any atom is 0.261 e. The van der Waals surface area contributed by atoms with Crippen molar-refractivity contribution in [2.45, 2.75) is 38.6 Å². The molecule has 2 aromatic heterocycles. The Morgan fingerprint density at radius 3 is 2.95 bits per heavy atom. The molecule has 5 nitrogen and oxygen atoms in total. The molecule has 0 saturated heterocycles. The molecule has 116 valence electrons. The van der Waals surface area contributed by atoms with E-state index in [1.165, 1.54) is 17.3 Å². The fourth-order valence-electron chi connectivity index (χ4n) is 2.79. The standard InChI is InChI=1S/C16H18ClN3O2/c1-10(8-21)20-9-18-15-12(16(20)22)7-13(17)19-14(15)11-5-3-2-4-6-11/h5,7,9-10,21H,2-4,6,8H2,1H3. The molecule has 0 radical (unpaired) electrons. The molecule has 1 aliphatic carbocycles. The zero-order valence-electron chi connectivity index (χ0n) is 12.4. The van der Waals surface area contributed by atoms with Crippen LogP contribution >= 0.6 is 11.6 Å². The molecule has 22 heavy (non-hydrogen) atoms. The van der Waals surface area contributed by atoms with Crippen LogP contribution in [0.5, 0.6) is 0 Å². The van der Waals surface area contributed by atoms with Crippen LogP contribution in [0.4, 0.5) is 0 Å². The van der Waals surface area contributed by atoms with E-state index in [9.17, 15) is 9.90 Å². The zero-order valence-corrected chi connectivity index (χ0v) is 13.2. The summed E-state index contributed by atoms with van der Waals surface area (Å²) in [5.41, 5.74) is 2.21. The van der Waals surface area contributed by atoms with Crippen LogP contribution in [0.15, 0.2) is 23.3 Å². The first-order chi connectivity index (χ1) is 10.6. The van der Waals surface area contributed by atoms with Gasteiger partial charge in [-0.15, -0.1) is 0 Å². The first-order valence-corrected chi connectivity index (χ1v) is 7.87. The molecule has 1 N–H and O–H groups in total. The predicted octanol–water partition coefficient (Wildman–Crippen LogP) is 2.96.